The van der Waals surface area contributed by atoms with Crippen LogP contribution in [0.4, 0.5) is 0 Å². The predicted molar refractivity (Wildman–Crippen MR) is 53.6 cm³/mol. The summed E-state index contributed by atoms with van der Waals surface area (Å²) in [4.78, 5) is 16.4. The van der Waals surface area contributed by atoms with Gasteiger partial charge in [-0.3, -0.25) is 9.79 Å². The Labute approximate surface area is 78.5 Å². The SMILES string of the molecule is C=N/C=C\C=C1/CCN(C(C)=O)C1. The van der Waals surface area contributed by atoms with Crippen LogP contribution in [0.2, 0.25) is 0 Å². The molecule has 0 saturated carbocycles. The number of aliphatic imine (C=N–C) groups is 1. The topological polar surface area (TPSA) is 32.7 Å². The van der Waals surface area contributed by atoms with E-state index in [0.717, 1.165) is 19.5 Å². The molecule has 1 fully saturated rings. The van der Waals surface area contributed by atoms with Gasteiger partial charge >= 0.3 is 0 Å². The van der Waals surface area contributed by atoms with Crippen molar-refractivity contribution in [3.8, 4) is 0 Å². The highest BCUT2D eigenvalue weighted by atomic mass is 16.2. The van der Waals surface area contributed by atoms with Gasteiger partial charge in [0.25, 0.3) is 0 Å². The maximum atomic E-state index is 11.0. The van der Waals surface area contributed by atoms with Gasteiger partial charge < -0.3 is 4.90 Å². The van der Waals surface area contributed by atoms with Crippen LogP contribution in [0.15, 0.2) is 28.9 Å². The third-order valence-electron chi connectivity index (χ3n) is 2.07. The summed E-state index contributed by atoms with van der Waals surface area (Å²) in [5, 5.41) is 0. The van der Waals surface area contributed by atoms with Crippen molar-refractivity contribution >= 4 is 12.6 Å². The van der Waals surface area contributed by atoms with Crippen molar-refractivity contribution in [3.05, 3.63) is 23.9 Å². The molecule has 1 aliphatic rings. The molecule has 1 heterocycles. The molecule has 3 heteroatoms. The number of nitrogens with zero attached hydrogens (tertiary/aromatic N) is 2. The summed E-state index contributed by atoms with van der Waals surface area (Å²) >= 11 is 0. The first-order chi connectivity index (χ1) is 6.24. The Balaban J connectivity index is 2.49. The van der Waals surface area contributed by atoms with Gasteiger partial charge in [-0.05, 0) is 24.8 Å². The van der Waals surface area contributed by atoms with E-state index in [0.29, 0.717) is 0 Å². The second-order valence-electron chi connectivity index (χ2n) is 3.04. The van der Waals surface area contributed by atoms with Gasteiger partial charge in [0.2, 0.25) is 5.91 Å². The van der Waals surface area contributed by atoms with Gasteiger partial charge in [-0.2, -0.15) is 0 Å². The van der Waals surface area contributed by atoms with Gasteiger partial charge in [0.15, 0.2) is 0 Å². The van der Waals surface area contributed by atoms with Gasteiger partial charge in [0.05, 0.1) is 0 Å². The van der Waals surface area contributed by atoms with E-state index in [1.165, 1.54) is 5.57 Å². The Morgan fingerprint density at radius 3 is 3.00 bits per heavy atom. The second kappa shape index (κ2) is 4.60. The van der Waals surface area contributed by atoms with Crippen molar-refractivity contribution in [2.45, 2.75) is 13.3 Å². The van der Waals surface area contributed by atoms with E-state index < -0.39 is 0 Å². The molecule has 0 spiro atoms. The van der Waals surface area contributed by atoms with E-state index >= 15 is 0 Å². The van der Waals surface area contributed by atoms with Gasteiger partial charge in [-0.15, -0.1) is 0 Å². The van der Waals surface area contributed by atoms with Crippen LogP contribution in [0.5, 0.6) is 0 Å². The summed E-state index contributed by atoms with van der Waals surface area (Å²) < 4.78 is 0. The lowest BCUT2D eigenvalue weighted by Crippen LogP contribution is -2.24. The van der Waals surface area contributed by atoms with Crippen molar-refractivity contribution in [1.29, 1.82) is 0 Å². The van der Waals surface area contributed by atoms with Crippen molar-refractivity contribution in [1.82, 2.24) is 4.90 Å². The van der Waals surface area contributed by atoms with E-state index in [1.807, 2.05) is 17.1 Å². The van der Waals surface area contributed by atoms with E-state index in [9.17, 15) is 4.79 Å². The molecule has 3 nitrogen and oxygen atoms in total. The summed E-state index contributed by atoms with van der Waals surface area (Å²) in [6, 6.07) is 0. The highest BCUT2D eigenvalue weighted by Gasteiger charge is 2.17. The van der Waals surface area contributed by atoms with Gasteiger partial charge in [-0.1, -0.05) is 6.08 Å². The number of rotatable bonds is 2. The average molecular weight is 178 g/mol. The summed E-state index contributed by atoms with van der Waals surface area (Å²) in [6.07, 6.45) is 6.47. The summed E-state index contributed by atoms with van der Waals surface area (Å²) in [5.41, 5.74) is 1.27. The molecule has 0 aromatic rings. The standard InChI is InChI=1S/C10H14N2O/c1-9(13)12-7-5-10(8-12)4-3-6-11-2/h3-4,6H,2,5,7-8H2,1H3/b6-3-,10-4+. The molecule has 1 saturated heterocycles. The van der Waals surface area contributed by atoms with Crippen LogP contribution in [0.3, 0.4) is 0 Å². The van der Waals surface area contributed by atoms with Crippen LogP contribution < -0.4 is 0 Å². The lowest BCUT2D eigenvalue weighted by molar-refractivity contribution is -0.127. The second-order valence-corrected chi connectivity index (χ2v) is 3.04. The molecule has 0 bridgehead atoms. The van der Waals surface area contributed by atoms with E-state index in [1.54, 1.807) is 13.1 Å². The summed E-state index contributed by atoms with van der Waals surface area (Å²) in [6.45, 7) is 6.54. The molecule has 13 heavy (non-hydrogen) atoms. The van der Waals surface area contributed by atoms with Gasteiger partial charge in [-0.25, -0.2) is 0 Å². The molecule has 0 aromatic carbocycles. The number of hydrogen-bond acceptors (Lipinski definition) is 2. The smallest absolute Gasteiger partial charge is 0.219 e. The van der Waals surface area contributed by atoms with Crippen molar-refractivity contribution in [2.24, 2.45) is 4.99 Å². The van der Waals surface area contributed by atoms with Crippen molar-refractivity contribution in [2.75, 3.05) is 13.1 Å². The lowest BCUT2D eigenvalue weighted by atomic mass is 10.2. The number of hydrogen-bond donors (Lipinski definition) is 0. The quantitative estimate of drug-likeness (QED) is 0.588. The molecule has 0 N–H and O–H groups in total. The Morgan fingerprint density at radius 1 is 1.69 bits per heavy atom. The van der Waals surface area contributed by atoms with Crippen molar-refractivity contribution < 1.29 is 4.79 Å². The highest BCUT2D eigenvalue weighted by molar-refractivity contribution is 5.74. The van der Waals surface area contributed by atoms with Crippen molar-refractivity contribution in [3.63, 3.8) is 0 Å². The predicted octanol–water partition coefficient (Wildman–Crippen LogP) is 1.38. The lowest BCUT2D eigenvalue weighted by Gasteiger charge is -2.10. The fourth-order valence-corrected chi connectivity index (χ4v) is 1.33. The molecule has 0 unspecified atom stereocenters. The maximum Gasteiger partial charge on any atom is 0.219 e. The first kappa shape index (κ1) is 9.71. The number of allylic oxidation sites excluding steroid dienone is 2. The largest absolute Gasteiger partial charge is 0.339 e. The van der Waals surface area contributed by atoms with E-state index in [4.69, 9.17) is 0 Å². The number of likely N-dealkylation sites (tertiary alicyclic amines) is 1. The Bertz CT molecular complexity index is 266. The van der Waals surface area contributed by atoms with Gasteiger partial charge in [0, 0.05) is 26.2 Å². The monoisotopic (exact) mass is 178 g/mol. The molecule has 70 valence electrons. The number of amides is 1. The first-order valence-corrected chi connectivity index (χ1v) is 4.30. The molecular weight excluding hydrogens is 164 g/mol. The van der Waals surface area contributed by atoms with Crippen LogP contribution in [0.1, 0.15) is 13.3 Å². The van der Waals surface area contributed by atoms with E-state index in [-0.39, 0.29) is 5.91 Å². The fraction of sp³-hybridized carbons (Fsp3) is 0.400. The summed E-state index contributed by atoms with van der Waals surface area (Å²) in [5.74, 6) is 0.147. The van der Waals surface area contributed by atoms with Gasteiger partial charge in [0.1, 0.15) is 0 Å². The Hall–Kier alpha value is -1.38. The third-order valence-corrected chi connectivity index (χ3v) is 2.07. The van der Waals surface area contributed by atoms with Crippen LogP contribution in [-0.2, 0) is 4.79 Å². The Morgan fingerprint density at radius 2 is 2.46 bits per heavy atom. The number of carbonyl (C=O) groups is 1. The van der Waals surface area contributed by atoms with Crippen LogP contribution in [-0.4, -0.2) is 30.6 Å². The molecule has 1 aliphatic heterocycles. The normalized spacial score (nSPS) is 20.1. The average Bonchev–Trinajstić information content (AvgIpc) is 2.53. The molecule has 1 amide bonds. The molecular formula is C10H14N2O. The zero-order valence-corrected chi connectivity index (χ0v) is 7.86. The minimum absolute atomic E-state index is 0.147. The van der Waals surface area contributed by atoms with E-state index in [2.05, 4.69) is 11.7 Å². The molecule has 0 atom stereocenters. The molecule has 1 rings (SSSR count). The number of carbonyl (C=O) groups excluding carboxylic acids is 1. The third kappa shape index (κ3) is 2.86. The maximum absolute atomic E-state index is 11.0. The molecule has 0 radical (unpaired) electrons. The molecule has 0 aromatic heterocycles. The van der Waals surface area contributed by atoms with Crippen LogP contribution >= 0.6 is 0 Å². The van der Waals surface area contributed by atoms with Crippen LogP contribution in [0, 0.1) is 0 Å². The Kier molecular flexibility index (Phi) is 3.43. The summed E-state index contributed by atoms with van der Waals surface area (Å²) in [7, 11) is 0. The van der Waals surface area contributed by atoms with Crippen LogP contribution in [0.25, 0.3) is 0 Å². The zero-order chi connectivity index (χ0) is 9.68. The minimum atomic E-state index is 0.147. The molecule has 0 aliphatic carbocycles. The zero-order valence-electron chi connectivity index (χ0n) is 7.86. The highest BCUT2D eigenvalue weighted by Crippen LogP contribution is 2.14. The first-order valence-electron chi connectivity index (χ1n) is 4.30. The minimum Gasteiger partial charge on any atom is -0.339 e. The fourth-order valence-electron chi connectivity index (χ4n) is 1.33.